The molecule has 2 N–H and O–H groups in total. The highest BCUT2D eigenvalue weighted by Crippen LogP contribution is 2.02. The fraction of sp³-hybridized carbons (Fsp3) is 0.947. The third-order valence-electron chi connectivity index (χ3n) is 3.78. The van der Waals surface area contributed by atoms with Crippen LogP contribution in [0.1, 0.15) is 65.2 Å². The Kier molecular flexibility index (Phi) is 23.8. The highest BCUT2D eigenvalue weighted by molar-refractivity contribution is 14.0. The van der Waals surface area contributed by atoms with Gasteiger partial charge in [-0.05, 0) is 53.2 Å². The Hall–Kier alpha value is -0.0800. The zero-order valence-electron chi connectivity index (χ0n) is 17.1. The van der Waals surface area contributed by atoms with Crippen LogP contribution >= 0.6 is 24.0 Å². The van der Waals surface area contributed by atoms with Gasteiger partial charge in [-0.1, -0.05) is 32.6 Å². The molecule has 0 spiro atoms. The Bertz CT molecular complexity index is 289. The maximum atomic E-state index is 5.56. The zero-order chi connectivity index (χ0) is 17.9. The van der Waals surface area contributed by atoms with Crippen molar-refractivity contribution in [2.24, 2.45) is 4.99 Å². The summed E-state index contributed by atoms with van der Waals surface area (Å²) in [6.07, 6.45) is 9.84. The van der Waals surface area contributed by atoms with Crippen molar-refractivity contribution < 1.29 is 4.74 Å². The first-order chi connectivity index (χ1) is 11.7. The molecular formula is C19H43IN4O. The van der Waals surface area contributed by atoms with Gasteiger partial charge >= 0.3 is 0 Å². The van der Waals surface area contributed by atoms with Gasteiger partial charge in [0.25, 0.3) is 0 Å². The summed E-state index contributed by atoms with van der Waals surface area (Å²) in [5, 5.41) is 6.74. The predicted octanol–water partition coefficient (Wildman–Crippen LogP) is 3.88. The van der Waals surface area contributed by atoms with E-state index in [1.165, 1.54) is 45.1 Å². The minimum atomic E-state index is 0. The molecule has 25 heavy (non-hydrogen) atoms. The smallest absolute Gasteiger partial charge is 0.191 e. The van der Waals surface area contributed by atoms with Crippen LogP contribution in [0.5, 0.6) is 0 Å². The Morgan fingerprint density at radius 3 is 2.24 bits per heavy atom. The summed E-state index contributed by atoms with van der Waals surface area (Å²) in [6.45, 7) is 9.93. The Morgan fingerprint density at radius 2 is 1.56 bits per heavy atom. The third kappa shape index (κ3) is 21.9. The van der Waals surface area contributed by atoms with Crippen LogP contribution in [-0.4, -0.2) is 64.3 Å². The lowest BCUT2D eigenvalue weighted by molar-refractivity contribution is 0.130. The average Bonchev–Trinajstić information content (AvgIpc) is 2.56. The monoisotopic (exact) mass is 470 g/mol. The molecule has 0 aromatic heterocycles. The third-order valence-corrected chi connectivity index (χ3v) is 3.78. The Morgan fingerprint density at radius 1 is 0.880 bits per heavy atom. The van der Waals surface area contributed by atoms with Gasteiger partial charge < -0.3 is 20.3 Å². The molecule has 0 radical (unpaired) electrons. The lowest BCUT2D eigenvalue weighted by Gasteiger charge is -2.11. The molecule has 0 bridgehead atoms. The molecule has 0 saturated heterocycles. The summed E-state index contributed by atoms with van der Waals surface area (Å²) >= 11 is 0. The van der Waals surface area contributed by atoms with E-state index in [0.717, 1.165) is 51.6 Å². The van der Waals surface area contributed by atoms with Crippen molar-refractivity contribution in [2.75, 3.05) is 53.5 Å². The molecule has 0 amide bonds. The molecule has 0 aromatic carbocycles. The lowest BCUT2D eigenvalue weighted by atomic mass is 10.1. The molecular weight excluding hydrogens is 427 g/mol. The molecule has 6 heteroatoms. The number of unbranched alkanes of at least 4 members (excludes halogenated alkanes) is 5. The number of nitrogens with zero attached hydrogens (tertiary/aromatic N) is 2. The number of halogens is 1. The maximum Gasteiger partial charge on any atom is 0.191 e. The first-order valence-corrected chi connectivity index (χ1v) is 9.95. The minimum Gasteiger partial charge on any atom is -0.381 e. The van der Waals surface area contributed by atoms with E-state index in [2.05, 4.69) is 48.5 Å². The van der Waals surface area contributed by atoms with Crippen molar-refractivity contribution in [1.82, 2.24) is 15.5 Å². The molecule has 0 fully saturated rings. The van der Waals surface area contributed by atoms with Crippen LogP contribution in [0.3, 0.4) is 0 Å². The highest BCUT2D eigenvalue weighted by Gasteiger charge is 1.97. The van der Waals surface area contributed by atoms with Crippen molar-refractivity contribution in [1.29, 1.82) is 0 Å². The van der Waals surface area contributed by atoms with E-state index in [0.29, 0.717) is 0 Å². The number of nitrogens with one attached hydrogen (secondary N) is 2. The highest BCUT2D eigenvalue weighted by atomic mass is 127. The average molecular weight is 470 g/mol. The fourth-order valence-corrected chi connectivity index (χ4v) is 2.34. The first kappa shape index (κ1) is 27.1. The van der Waals surface area contributed by atoms with Gasteiger partial charge in [0, 0.05) is 32.8 Å². The minimum absolute atomic E-state index is 0. The van der Waals surface area contributed by atoms with Gasteiger partial charge in [0.05, 0.1) is 0 Å². The molecule has 0 saturated carbocycles. The number of aliphatic imine (C=N–C) groups is 1. The van der Waals surface area contributed by atoms with Crippen LogP contribution in [0.25, 0.3) is 0 Å². The first-order valence-electron chi connectivity index (χ1n) is 9.95. The number of guanidine groups is 1. The van der Waals surface area contributed by atoms with Gasteiger partial charge in [0.1, 0.15) is 0 Å². The molecule has 0 aliphatic rings. The van der Waals surface area contributed by atoms with Gasteiger partial charge in [-0.25, -0.2) is 0 Å². The summed E-state index contributed by atoms with van der Waals surface area (Å²) < 4.78 is 5.56. The molecule has 0 aliphatic carbocycles. The van der Waals surface area contributed by atoms with E-state index in [9.17, 15) is 0 Å². The normalized spacial score (nSPS) is 11.5. The van der Waals surface area contributed by atoms with Crippen molar-refractivity contribution in [3.8, 4) is 0 Å². The Balaban J connectivity index is 0. The van der Waals surface area contributed by atoms with Gasteiger partial charge in [-0.3, -0.25) is 4.99 Å². The molecule has 0 rings (SSSR count). The molecule has 0 unspecified atom stereocenters. The SMILES string of the molecule is CCCCOCCCN=C(NCC)NCCCCCCCN(C)C.I. The summed E-state index contributed by atoms with van der Waals surface area (Å²) in [6, 6.07) is 0. The van der Waals surface area contributed by atoms with Crippen LogP contribution < -0.4 is 10.6 Å². The largest absolute Gasteiger partial charge is 0.381 e. The second kappa shape index (κ2) is 22.0. The van der Waals surface area contributed by atoms with E-state index in [4.69, 9.17) is 4.74 Å². The molecule has 152 valence electrons. The topological polar surface area (TPSA) is 48.9 Å². The van der Waals surface area contributed by atoms with Crippen LogP contribution in [0.15, 0.2) is 4.99 Å². The molecule has 0 heterocycles. The van der Waals surface area contributed by atoms with Gasteiger partial charge in [-0.2, -0.15) is 0 Å². The molecule has 0 atom stereocenters. The van der Waals surface area contributed by atoms with Gasteiger partial charge in [-0.15, -0.1) is 24.0 Å². The summed E-state index contributed by atoms with van der Waals surface area (Å²) in [7, 11) is 4.28. The second-order valence-corrected chi connectivity index (χ2v) is 6.58. The van der Waals surface area contributed by atoms with E-state index in [1.54, 1.807) is 0 Å². The van der Waals surface area contributed by atoms with Crippen LogP contribution in [0.4, 0.5) is 0 Å². The summed E-state index contributed by atoms with van der Waals surface area (Å²) in [4.78, 5) is 6.87. The quantitative estimate of drug-likeness (QED) is 0.156. The van der Waals surface area contributed by atoms with E-state index >= 15 is 0 Å². The van der Waals surface area contributed by atoms with Crippen molar-refractivity contribution in [3.63, 3.8) is 0 Å². The molecule has 0 aromatic rings. The van der Waals surface area contributed by atoms with E-state index in [-0.39, 0.29) is 24.0 Å². The number of hydrogen-bond donors (Lipinski definition) is 2. The van der Waals surface area contributed by atoms with Crippen molar-refractivity contribution in [3.05, 3.63) is 0 Å². The van der Waals surface area contributed by atoms with Crippen LogP contribution in [0.2, 0.25) is 0 Å². The molecule has 0 aliphatic heterocycles. The summed E-state index contributed by atoms with van der Waals surface area (Å²) in [5.74, 6) is 0.943. The lowest BCUT2D eigenvalue weighted by Crippen LogP contribution is -2.37. The van der Waals surface area contributed by atoms with E-state index in [1.807, 2.05) is 0 Å². The van der Waals surface area contributed by atoms with Gasteiger partial charge in [0.2, 0.25) is 0 Å². The van der Waals surface area contributed by atoms with Crippen LogP contribution in [-0.2, 0) is 4.74 Å². The molecule has 5 nitrogen and oxygen atoms in total. The van der Waals surface area contributed by atoms with Crippen LogP contribution in [0, 0.1) is 0 Å². The fourth-order valence-electron chi connectivity index (χ4n) is 2.34. The number of hydrogen-bond acceptors (Lipinski definition) is 3. The summed E-state index contributed by atoms with van der Waals surface area (Å²) in [5.41, 5.74) is 0. The second-order valence-electron chi connectivity index (χ2n) is 6.58. The van der Waals surface area contributed by atoms with Gasteiger partial charge in [0.15, 0.2) is 5.96 Å². The standard InChI is InChI=1S/C19H42N4O.HI/c1-5-7-17-24-18-13-15-22-19(20-6-2)21-14-11-9-8-10-12-16-23(3)4;/h5-18H2,1-4H3,(H2,20,21,22);1H. The van der Waals surface area contributed by atoms with Crippen molar-refractivity contribution >= 4 is 29.9 Å². The van der Waals surface area contributed by atoms with E-state index < -0.39 is 0 Å². The Labute approximate surface area is 173 Å². The zero-order valence-corrected chi connectivity index (χ0v) is 19.4. The number of ether oxygens (including phenoxy) is 1. The number of rotatable bonds is 16. The maximum absolute atomic E-state index is 5.56. The predicted molar refractivity (Wildman–Crippen MR) is 121 cm³/mol. The van der Waals surface area contributed by atoms with Crippen molar-refractivity contribution in [2.45, 2.75) is 65.2 Å².